The number of methoxy groups -OCH3 is 1. The Morgan fingerprint density at radius 2 is 2.07 bits per heavy atom. The maximum atomic E-state index is 5.57. The summed E-state index contributed by atoms with van der Waals surface area (Å²) >= 11 is 0. The molecule has 0 bridgehead atoms. The van der Waals surface area contributed by atoms with Gasteiger partial charge in [0.2, 0.25) is 0 Å². The zero-order valence-electron chi connectivity index (χ0n) is 15.9. The van der Waals surface area contributed by atoms with Crippen LogP contribution in [0.25, 0.3) is 17.3 Å². The third-order valence-electron chi connectivity index (χ3n) is 3.90. The van der Waals surface area contributed by atoms with Gasteiger partial charge < -0.3 is 14.8 Å². The molecule has 0 radical (unpaired) electrons. The van der Waals surface area contributed by atoms with Gasteiger partial charge in [0.05, 0.1) is 19.0 Å². The molecule has 0 aliphatic heterocycles. The number of hydrogen-bond acceptors (Lipinski definition) is 9. The Kier molecular flexibility index (Phi) is 5.38. The molecule has 4 heterocycles. The van der Waals surface area contributed by atoms with Gasteiger partial charge in [-0.25, -0.2) is 15.0 Å². The van der Waals surface area contributed by atoms with Crippen LogP contribution in [-0.4, -0.2) is 60.2 Å². The molecule has 4 rings (SSSR count). The van der Waals surface area contributed by atoms with Crippen molar-refractivity contribution >= 4 is 11.6 Å². The fraction of sp³-hybridized carbons (Fsp3) is 0.222. The van der Waals surface area contributed by atoms with Gasteiger partial charge in [0, 0.05) is 37.7 Å². The molecule has 148 valence electrons. The molecule has 0 atom stereocenters. The predicted octanol–water partition coefficient (Wildman–Crippen LogP) is 1.92. The fourth-order valence-electron chi connectivity index (χ4n) is 2.68. The van der Waals surface area contributed by atoms with Gasteiger partial charge in [-0.3, -0.25) is 9.67 Å². The molecule has 29 heavy (non-hydrogen) atoms. The van der Waals surface area contributed by atoms with Crippen LogP contribution in [0, 0.1) is 6.92 Å². The number of imidazole rings is 1. The molecule has 4 aromatic rings. The first-order valence-corrected chi connectivity index (χ1v) is 8.83. The van der Waals surface area contributed by atoms with Crippen molar-refractivity contribution in [3.63, 3.8) is 0 Å². The Balaban J connectivity index is 1.59. The van der Waals surface area contributed by atoms with Crippen LogP contribution < -0.4 is 10.1 Å². The summed E-state index contributed by atoms with van der Waals surface area (Å²) in [6, 6.07) is 5.39. The summed E-state index contributed by atoms with van der Waals surface area (Å²) in [5.74, 6) is 3.68. The zero-order chi connectivity index (χ0) is 20.1. The Morgan fingerprint density at radius 3 is 2.90 bits per heavy atom. The number of ether oxygens (including phenoxy) is 2. The lowest BCUT2D eigenvalue weighted by molar-refractivity contribution is 0.146. The highest BCUT2D eigenvalue weighted by atomic mass is 16.5. The van der Waals surface area contributed by atoms with E-state index in [9.17, 15) is 0 Å². The minimum absolute atomic E-state index is 0.425. The van der Waals surface area contributed by atoms with Crippen molar-refractivity contribution in [3.05, 3.63) is 48.8 Å². The Bertz CT molecular complexity index is 1080. The average molecular weight is 393 g/mol. The van der Waals surface area contributed by atoms with Crippen LogP contribution in [0.15, 0.2) is 43.0 Å². The topological polar surface area (TPSA) is 129 Å². The summed E-state index contributed by atoms with van der Waals surface area (Å²) < 4.78 is 12.4. The van der Waals surface area contributed by atoms with Crippen molar-refractivity contribution in [2.75, 3.05) is 25.6 Å². The summed E-state index contributed by atoms with van der Waals surface area (Å²) in [7, 11) is 1.62. The third kappa shape index (κ3) is 4.35. The lowest BCUT2D eigenvalue weighted by Gasteiger charge is -2.10. The third-order valence-corrected chi connectivity index (χ3v) is 3.90. The first-order valence-electron chi connectivity index (χ1n) is 8.83. The van der Waals surface area contributed by atoms with Crippen molar-refractivity contribution in [3.8, 4) is 23.1 Å². The van der Waals surface area contributed by atoms with E-state index in [1.165, 1.54) is 0 Å². The Labute approximate surface area is 166 Å². The first-order chi connectivity index (χ1) is 14.2. The highest BCUT2D eigenvalue weighted by Gasteiger charge is 2.13. The molecule has 4 aromatic heterocycles. The predicted molar refractivity (Wildman–Crippen MR) is 104 cm³/mol. The second-order valence-electron chi connectivity index (χ2n) is 5.99. The van der Waals surface area contributed by atoms with Gasteiger partial charge in [-0.15, -0.1) is 5.10 Å². The monoisotopic (exact) mass is 393 g/mol. The van der Waals surface area contributed by atoms with Crippen molar-refractivity contribution < 1.29 is 9.47 Å². The molecule has 0 aliphatic rings. The van der Waals surface area contributed by atoms with Crippen molar-refractivity contribution in [2.45, 2.75) is 6.92 Å². The van der Waals surface area contributed by atoms with E-state index in [2.05, 4.69) is 40.7 Å². The molecule has 11 nitrogen and oxygen atoms in total. The summed E-state index contributed by atoms with van der Waals surface area (Å²) in [4.78, 5) is 13.4. The van der Waals surface area contributed by atoms with E-state index in [-0.39, 0.29) is 0 Å². The Hall–Kier alpha value is -3.86. The van der Waals surface area contributed by atoms with Crippen LogP contribution in [0.3, 0.4) is 0 Å². The van der Waals surface area contributed by atoms with Crippen molar-refractivity contribution in [1.82, 2.24) is 39.9 Å². The van der Waals surface area contributed by atoms with E-state index in [0.29, 0.717) is 47.9 Å². The van der Waals surface area contributed by atoms with Crippen LogP contribution in [0.4, 0.5) is 11.6 Å². The van der Waals surface area contributed by atoms with E-state index in [0.717, 1.165) is 5.82 Å². The largest absolute Gasteiger partial charge is 0.489 e. The van der Waals surface area contributed by atoms with E-state index in [1.807, 2.05) is 23.8 Å². The minimum atomic E-state index is 0.425. The normalized spacial score (nSPS) is 10.8. The number of nitrogens with zero attached hydrogens (tertiary/aromatic N) is 7. The molecule has 0 fully saturated rings. The highest BCUT2D eigenvalue weighted by molar-refractivity contribution is 5.61. The summed E-state index contributed by atoms with van der Waals surface area (Å²) in [6.07, 6.45) is 6.75. The van der Waals surface area contributed by atoms with Gasteiger partial charge in [0.1, 0.15) is 35.5 Å². The van der Waals surface area contributed by atoms with E-state index in [1.54, 1.807) is 37.8 Å². The zero-order valence-corrected chi connectivity index (χ0v) is 15.9. The number of anilines is 2. The number of rotatable bonds is 8. The quantitative estimate of drug-likeness (QED) is 0.431. The second-order valence-corrected chi connectivity index (χ2v) is 5.99. The molecule has 0 saturated carbocycles. The average Bonchev–Trinajstić information content (AvgIpc) is 3.40. The Morgan fingerprint density at radius 1 is 1.14 bits per heavy atom. The first kappa shape index (κ1) is 18.5. The molecule has 0 aliphatic carbocycles. The maximum absolute atomic E-state index is 5.57. The van der Waals surface area contributed by atoms with Gasteiger partial charge in [-0.2, -0.15) is 10.2 Å². The van der Waals surface area contributed by atoms with Gasteiger partial charge in [-0.05, 0) is 6.92 Å². The molecule has 0 saturated heterocycles. The summed E-state index contributed by atoms with van der Waals surface area (Å²) in [5, 5.41) is 18.1. The summed E-state index contributed by atoms with van der Waals surface area (Å²) in [5.41, 5.74) is 0.653. The number of aryl methyl sites for hydroxylation is 1. The van der Waals surface area contributed by atoms with Crippen LogP contribution in [0.2, 0.25) is 0 Å². The standard InChI is InChI=1S/C18H19N9O2/c1-12-22-14(18-19-5-6-27(18)17-3-4-20-26-17)10-15(23-12)24-16-9-13(11-21-25-16)29-8-7-28-2/h3-6,9-11H,7-8H2,1-2H3,(H,20,26)(H,22,23,24,25). The van der Waals surface area contributed by atoms with Crippen LogP contribution >= 0.6 is 0 Å². The van der Waals surface area contributed by atoms with Crippen molar-refractivity contribution in [2.24, 2.45) is 0 Å². The maximum Gasteiger partial charge on any atom is 0.164 e. The summed E-state index contributed by atoms with van der Waals surface area (Å²) in [6.45, 7) is 2.73. The molecular weight excluding hydrogens is 374 g/mol. The van der Waals surface area contributed by atoms with Crippen molar-refractivity contribution in [1.29, 1.82) is 0 Å². The second kappa shape index (κ2) is 8.44. The van der Waals surface area contributed by atoms with Gasteiger partial charge >= 0.3 is 0 Å². The van der Waals surface area contributed by atoms with E-state index < -0.39 is 0 Å². The minimum Gasteiger partial charge on any atom is -0.489 e. The molecule has 0 spiro atoms. The van der Waals surface area contributed by atoms with Crippen LogP contribution in [0.1, 0.15) is 5.82 Å². The number of nitrogens with one attached hydrogen (secondary N) is 2. The molecular formula is C18H19N9O2. The highest BCUT2D eigenvalue weighted by Crippen LogP contribution is 2.23. The molecule has 0 amide bonds. The molecule has 0 unspecified atom stereocenters. The van der Waals surface area contributed by atoms with Gasteiger partial charge in [0.25, 0.3) is 0 Å². The van der Waals surface area contributed by atoms with Crippen LogP contribution in [0.5, 0.6) is 5.75 Å². The smallest absolute Gasteiger partial charge is 0.164 e. The van der Waals surface area contributed by atoms with Crippen LogP contribution in [-0.2, 0) is 4.74 Å². The molecule has 0 aromatic carbocycles. The number of aromatic amines is 1. The number of aromatic nitrogens is 8. The SMILES string of the molecule is COCCOc1cnnc(Nc2cc(-c3nccn3-c3ccn[nH]3)nc(C)n2)c1. The lowest BCUT2D eigenvalue weighted by atomic mass is 10.3. The fourth-order valence-corrected chi connectivity index (χ4v) is 2.68. The van der Waals surface area contributed by atoms with E-state index >= 15 is 0 Å². The number of H-pyrrole nitrogens is 1. The molecule has 2 N–H and O–H groups in total. The number of hydrogen-bond donors (Lipinski definition) is 2. The lowest BCUT2D eigenvalue weighted by Crippen LogP contribution is -2.06. The molecule has 11 heteroatoms. The van der Waals surface area contributed by atoms with Gasteiger partial charge in [0.15, 0.2) is 11.6 Å². The van der Waals surface area contributed by atoms with Gasteiger partial charge in [-0.1, -0.05) is 0 Å². The van der Waals surface area contributed by atoms with E-state index in [4.69, 9.17) is 9.47 Å².